The van der Waals surface area contributed by atoms with E-state index in [0.717, 1.165) is 10.9 Å². The molecule has 9 nitrogen and oxygen atoms in total. The van der Waals surface area contributed by atoms with Gasteiger partial charge in [0, 0.05) is 12.4 Å². The van der Waals surface area contributed by atoms with Gasteiger partial charge in [-0.25, -0.2) is 0 Å². The first-order valence-electron chi connectivity index (χ1n) is 15.0. The lowest BCUT2D eigenvalue weighted by Gasteiger charge is -2.46. The van der Waals surface area contributed by atoms with Gasteiger partial charge < -0.3 is 20.6 Å². The zero-order valence-electron chi connectivity index (χ0n) is 24.7. The second kappa shape index (κ2) is 11.6. The van der Waals surface area contributed by atoms with Crippen LogP contribution in [0, 0.1) is 11.8 Å². The van der Waals surface area contributed by atoms with Crippen LogP contribution in [0.25, 0.3) is 10.9 Å². The molecule has 2 aliphatic rings. The summed E-state index contributed by atoms with van der Waals surface area (Å²) in [5, 5.41) is 21.6. The van der Waals surface area contributed by atoms with E-state index in [1.165, 1.54) is 22.1 Å². The van der Waals surface area contributed by atoms with Gasteiger partial charge in [0.25, 0.3) is 5.91 Å². The smallest absolute Gasteiger partial charge is 0.251 e. The van der Waals surface area contributed by atoms with Crippen molar-refractivity contribution in [2.45, 2.75) is 57.7 Å². The predicted octanol–water partition coefficient (Wildman–Crippen LogP) is 4.51. The normalized spacial score (nSPS) is 19.5. The zero-order chi connectivity index (χ0) is 30.2. The molecule has 0 bridgehead atoms. The third-order valence-corrected chi connectivity index (χ3v) is 9.21. The maximum Gasteiger partial charge on any atom is 0.251 e. The number of phenolic OH excluding ortho intramolecular Hbond substituents is 1. The number of nitrogens with zero attached hydrogens (tertiary/aromatic N) is 3. The van der Waals surface area contributed by atoms with Gasteiger partial charge in [0.05, 0.1) is 17.4 Å². The first-order valence-corrected chi connectivity index (χ1v) is 15.0. The van der Waals surface area contributed by atoms with E-state index in [0.29, 0.717) is 31.2 Å². The average molecular weight is 580 g/mol. The summed E-state index contributed by atoms with van der Waals surface area (Å²) in [6, 6.07) is 17.4. The van der Waals surface area contributed by atoms with Crippen LogP contribution in [0.3, 0.4) is 0 Å². The van der Waals surface area contributed by atoms with Gasteiger partial charge in [-0.3, -0.25) is 19.1 Å². The second-order valence-corrected chi connectivity index (χ2v) is 11.7. The summed E-state index contributed by atoms with van der Waals surface area (Å²) in [7, 11) is 1.84. The number of rotatable bonds is 8. The van der Waals surface area contributed by atoms with Gasteiger partial charge in [0.1, 0.15) is 23.9 Å². The van der Waals surface area contributed by atoms with Crippen LogP contribution < -0.4 is 10.6 Å². The lowest BCUT2D eigenvalue weighted by molar-refractivity contribution is -0.158. The Hall–Kier alpha value is -4.66. The zero-order valence-corrected chi connectivity index (χ0v) is 24.7. The van der Waals surface area contributed by atoms with Gasteiger partial charge >= 0.3 is 0 Å². The number of carbonyl (C=O) groups excluding carboxylic acids is 3. The Kier molecular flexibility index (Phi) is 7.64. The van der Waals surface area contributed by atoms with Crippen LogP contribution >= 0.6 is 0 Å². The highest BCUT2D eigenvalue weighted by molar-refractivity contribution is 6.04. The summed E-state index contributed by atoms with van der Waals surface area (Å²) < 4.78 is 1.75. The molecule has 1 aromatic heterocycles. The molecule has 0 saturated carbocycles. The molecule has 43 heavy (non-hydrogen) atoms. The molecular weight excluding hydrogens is 542 g/mol. The van der Waals surface area contributed by atoms with E-state index in [-0.39, 0.29) is 35.1 Å². The summed E-state index contributed by atoms with van der Waals surface area (Å²) in [6.45, 7) is 4.01. The highest BCUT2D eigenvalue weighted by atomic mass is 16.3. The molecule has 0 spiro atoms. The third-order valence-electron chi connectivity index (χ3n) is 9.21. The van der Waals surface area contributed by atoms with Crippen LogP contribution in [0.2, 0.25) is 0 Å². The van der Waals surface area contributed by atoms with E-state index in [1.807, 2.05) is 51.2 Å². The largest absolute Gasteiger partial charge is 0.506 e. The number of aryl methyl sites for hydroxylation is 1. The number of aromatic nitrogens is 2. The monoisotopic (exact) mass is 579 g/mol. The minimum absolute atomic E-state index is 0.0850. The standard InChI is InChI=1S/C34H37N5O4/c1-4-20(5-2)30-33(42)37-29(24-16-21-10-6-7-11-22(21)17-24)34(43)39(30)31(32(41)36-26-12-8-9-13-28(26)40)23-14-15-27-25(18-23)19-35-38(27)3/h6-15,18-20,24,29-31,40H,4-5,16-17H2,1-3H3,(H,36,41)(H,37,42). The molecule has 4 aromatic rings. The number of nitrogens with one attached hydrogen (secondary N) is 2. The van der Waals surface area contributed by atoms with Gasteiger partial charge in [0.2, 0.25) is 11.8 Å². The van der Waals surface area contributed by atoms with Crippen LogP contribution in [-0.4, -0.2) is 49.6 Å². The van der Waals surface area contributed by atoms with Crippen molar-refractivity contribution in [2.75, 3.05) is 5.32 Å². The number of anilines is 1. The van der Waals surface area contributed by atoms with Crippen molar-refractivity contribution in [3.05, 3.63) is 89.6 Å². The molecule has 6 rings (SSSR count). The number of hydrogen-bond acceptors (Lipinski definition) is 5. The fourth-order valence-electron chi connectivity index (χ4n) is 6.91. The molecule has 0 radical (unpaired) electrons. The maximum atomic E-state index is 14.7. The molecule has 3 atom stereocenters. The van der Waals surface area contributed by atoms with E-state index >= 15 is 0 Å². The highest BCUT2D eigenvalue weighted by Crippen LogP contribution is 2.38. The molecule has 3 aromatic carbocycles. The number of hydrogen-bond donors (Lipinski definition) is 3. The first-order chi connectivity index (χ1) is 20.8. The van der Waals surface area contributed by atoms with Crippen molar-refractivity contribution >= 4 is 34.3 Å². The van der Waals surface area contributed by atoms with Gasteiger partial charge in [0.15, 0.2) is 0 Å². The van der Waals surface area contributed by atoms with Gasteiger partial charge in [-0.15, -0.1) is 0 Å². The van der Waals surface area contributed by atoms with Crippen molar-refractivity contribution in [1.82, 2.24) is 20.0 Å². The molecule has 1 aliphatic carbocycles. The minimum Gasteiger partial charge on any atom is -0.506 e. The van der Waals surface area contributed by atoms with Crippen LogP contribution in [-0.2, 0) is 34.3 Å². The summed E-state index contributed by atoms with van der Waals surface area (Å²) in [4.78, 5) is 44.7. The number of fused-ring (bicyclic) bond motifs is 2. The molecule has 9 heteroatoms. The number of amides is 3. The molecule has 1 saturated heterocycles. The van der Waals surface area contributed by atoms with Crippen LogP contribution in [0.1, 0.15) is 49.4 Å². The SMILES string of the molecule is CCC(CC)C1C(=O)NC(C2Cc3ccccc3C2)C(=O)N1C(C(=O)Nc1ccccc1O)c1ccc2c(cnn2C)c1. The molecule has 3 amide bonds. The van der Waals surface area contributed by atoms with Crippen molar-refractivity contribution in [1.29, 1.82) is 0 Å². The molecule has 222 valence electrons. The minimum atomic E-state index is -1.13. The second-order valence-electron chi connectivity index (χ2n) is 11.7. The Morgan fingerprint density at radius 3 is 2.37 bits per heavy atom. The fraction of sp³-hybridized carbons (Fsp3) is 0.353. The molecule has 1 aliphatic heterocycles. The summed E-state index contributed by atoms with van der Waals surface area (Å²) >= 11 is 0. The number of phenols is 1. The predicted molar refractivity (Wildman–Crippen MR) is 164 cm³/mol. The Labute approximate surface area is 250 Å². The van der Waals surface area contributed by atoms with Gasteiger partial charge in [-0.2, -0.15) is 5.10 Å². The fourth-order valence-corrected chi connectivity index (χ4v) is 6.91. The molecule has 2 heterocycles. The Morgan fingerprint density at radius 1 is 1.02 bits per heavy atom. The quantitative estimate of drug-likeness (QED) is 0.266. The summed E-state index contributed by atoms with van der Waals surface area (Å²) in [5.41, 5.74) is 4.04. The van der Waals surface area contributed by atoms with E-state index in [1.54, 1.807) is 29.1 Å². The Morgan fingerprint density at radius 2 is 1.70 bits per heavy atom. The maximum absolute atomic E-state index is 14.7. The molecular formula is C34H37N5O4. The number of piperazine rings is 1. The van der Waals surface area contributed by atoms with Crippen LogP contribution in [0.5, 0.6) is 5.75 Å². The van der Waals surface area contributed by atoms with Crippen LogP contribution in [0.4, 0.5) is 5.69 Å². The van der Waals surface area contributed by atoms with Gasteiger partial charge in [-0.1, -0.05) is 69.2 Å². The van der Waals surface area contributed by atoms with Crippen molar-refractivity contribution in [3.63, 3.8) is 0 Å². The Balaban J connectivity index is 1.46. The van der Waals surface area contributed by atoms with Crippen molar-refractivity contribution in [2.24, 2.45) is 18.9 Å². The average Bonchev–Trinajstić information content (AvgIpc) is 3.61. The highest BCUT2D eigenvalue weighted by Gasteiger charge is 2.51. The number of para-hydroxylation sites is 2. The molecule has 3 unspecified atom stereocenters. The molecule has 1 fully saturated rings. The summed E-state index contributed by atoms with van der Waals surface area (Å²) in [6.07, 6.45) is 4.39. The molecule has 3 N–H and O–H groups in total. The third kappa shape index (κ3) is 5.13. The number of carbonyl (C=O) groups is 3. The lowest BCUT2D eigenvalue weighted by atomic mass is 9.84. The number of aromatic hydroxyl groups is 1. The van der Waals surface area contributed by atoms with Crippen molar-refractivity contribution < 1.29 is 19.5 Å². The topological polar surface area (TPSA) is 117 Å². The first kappa shape index (κ1) is 28.5. The van der Waals surface area contributed by atoms with E-state index in [2.05, 4.69) is 27.9 Å². The van der Waals surface area contributed by atoms with Crippen LogP contribution in [0.15, 0.2) is 72.9 Å². The summed E-state index contributed by atoms with van der Waals surface area (Å²) in [5.74, 6) is -1.37. The van der Waals surface area contributed by atoms with Gasteiger partial charge in [-0.05, 0) is 65.6 Å². The van der Waals surface area contributed by atoms with E-state index in [9.17, 15) is 19.5 Å². The van der Waals surface area contributed by atoms with Crippen molar-refractivity contribution in [3.8, 4) is 5.75 Å². The van der Waals surface area contributed by atoms with E-state index < -0.39 is 24.0 Å². The number of benzene rings is 3. The lowest BCUT2D eigenvalue weighted by Crippen LogP contribution is -2.68. The van der Waals surface area contributed by atoms with E-state index in [4.69, 9.17) is 0 Å². The Bertz CT molecular complexity index is 1670.